The third kappa shape index (κ3) is 3.65. The lowest BCUT2D eigenvalue weighted by atomic mass is 9.74. The summed E-state index contributed by atoms with van der Waals surface area (Å²) in [5, 5.41) is 3.71. The Kier molecular flexibility index (Phi) is 5.27. The molecule has 20 heavy (non-hydrogen) atoms. The number of nitrogens with one attached hydrogen (secondary N) is 1. The smallest absolute Gasteiger partial charge is 0.237 e. The molecule has 3 atom stereocenters. The van der Waals surface area contributed by atoms with Crippen LogP contribution in [-0.2, 0) is 0 Å². The van der Waals surface area contributed by atoms with Crippen LogP contribution in [0.4, 0.5) is 5.69 Å². The Balaban J connectivity index is 2.13. The quantitative estimate of drug-likeness (QED) is 0.868. The van der Waals surface area contributed by atoms with E-state index in [1.54, 1.807) is 6.20 Å². The van der Waals surface area contributed by atoms with Crippen LogP contribution in [0.3, 0.4) is 0 Å². The number of hydrogen-bond donors (Lipinski definition) is 1. The third-order valence-electron chi connectivity index (χ3n) is 4.42. The van der Waals surface area contributed by atoms with Crippen LogP contribution in [0.25, 0.3) is 0 Å². The first-order valence-electron chi connectivity index (χ1n) is 7.96. The van der Waals surface area contributed by atoms with Crippen molar-refractivity contribution in [2.24, 2.45) is 17.8 Å². The van der Waals surface area contributed by atoms with E-state index in [0.717, 1.165) is 23.4 Å². The fraction of sp³-hybridized carbons (Fsp3) is 0.706. The van der Waals surface area contributed by atoms with Gasteiger partial charge in [-0.2, -0.15) is 0 Å². The monoisotopic (exact) mass is 276 g/mol. The summed E-state index contributed by atoms with van der Waals surface area (Å²) in [6.07, 6.45) is 5.70. The minimum absolute atomic E-state index is 0.530. The molecule has 1 N–H and O–H groups in total. The van der Waals surface area contributed by atoms with Crippen molar-refractivity contribution in [1.29, 1.82) is 0 Å². The van der Waals surface area contributed by atoms with Crippen molar-refractivity contribution in [3.63, 3.8) is 0 Å². The molecule has 0 spiro atoms. The summed E-state index contributed by atoms with van der Waals surface area (Å²) in [6, 6.07) is 4.58. The minimum Gasteiger partial charge on any atom is -0.476 e. The van der Waals surface area contributed by atoms with Crippen LogP contribution in [-0.4, -0.2) is 17.6 Å². The van der Waals surface area contributed by atoms with E-state index in [-0.39, 0.29) is 0 Å². The molecule has 1 aromatic rings. The normalized spacial score (nSPS) is 26.6. The zero-order valence-electron chi connectivity index (χ0n) is 13.2. The summed E-state index contributed by atoms with van der Waals surface area (Å²) in [7, 11) is 0. The summed E-state index contributed by atoms with van der Waals surface area (Å²) in [5.41, 5.74) is 1.04. The van der Waals surface area contributed by atoms with E-state index in [2.05, 4.69) is 37.1 Å². The van der Waals surface area contributed by atoms with E-state index < -0.39 is 0 Å². The second-order valence-corrected chi connectivity index (χ2v) is 6.37. The lowest BCUT2D eigenvalue weighted by Gasteiger charge is -2.38. The predicted octanol–water partition coefficient (Wildman–Crippen LogP) is 4.35. The predicted molar refractivity (Wildman–Crippen MR) is 84.2 cm³/mol. The van der Waals surface area contributed by atoms with Crippen molar-refractivity contribution in [3.05, 3.63) is 18.3 Å². The van der Waals surface area contributed by atoms with E-state index in [9.17, 15) is 0 Å². The molecule has 1 saturated carbocycles. The molecule has 0 aliphatic heterocycles. The van der Waals surface area contributed by atoms with Crippen LogP contribution < -0.4 is 10.1 Å². The van der Waals surface area contributed by atoms with Gasteiger partial charge in [-0.15, -0.1) is 0 Å². The fourth-order valence-electron chi connectivity index (χ4n) is 3.32. The highest BCUT2D eigenvalue weighted by Gasteiger charge is 2.31. The van der Waals surface area contributed by atoms with E-state index in [1.165, 1.54) is 19.3 Å². The molecule has 0 bridgehead atoms. The maximum Gasteiger partial charge on any atom is 0.237 e. The molecular formula is C17H28N2O. The summed E-state index contributed by atoms with van der Waals surface area (Å²) < 4.78 is 5.63. The van der Waals surface area contributed by atoms with E-state index >= 15 is 0 Å². The average molecular weight is 276 g/mol. The Morgan fingerprint density at radius 3 is 2.90 bits per heavy atom. The zero-order chi connectivity index (χ0) is 14.5. The second kappa shape index (κ2) is 6.96. The largest absolute Gasteiger partial charge is 0.476 e. The summed E-state index contributed by atoms with van der Waals surface area (Å²) in [4.78, 5) is 4.34. The van der Waals surface area contributed by atoms with Gasteiger partial charge in [0.25, 0.3) is 0 Å². The van der Waals surface area contributed by atoms with Crippen LogP contribution in [0.1, 0.15) is 47.0 Å². The van der Waals surface area contributed by atoms with Crippen molar-refractivity contribution >= 4 is 5.69 Å². The molecule has 3 nitrogen and oxygen atoms in total. The van der Waals surface area contributed by atoms with Gasteiger partial charge in [-0.25, -0.2) is 4.98 Å². The van der Waals surface area contributed by atoms with Crippen molar-refractivity contribution in [2.45, 2.75) is 53.0 Å². The molecule has 0 radical (unpaired) electrons. The van der Waals surface area contributed by atoms with E-state index in [0.29, 0.717) is 18.6 Å². The zero-order valence-corrected chi connectivity index (χ0v) is 13.2. The van der Waals surface area contributed by atoms with Crippen LogP contribution in [0.2, 0.25) is 0 Å². The van der Waals surface area contributed by atoms with Gasteiger partial charge < -0.3 is 10.1 Å². The molecule has 3 unspecified atom stereocenters. The summed E-state index contributed by atoms with van der Waals surface area (Å²) in [5.74, 6) is 2.98. The van der Waals surface area contributed by atoms with Crippen molar-refractivity contribution in [1.82, 2.24) is 4.98 Å². The molecule has 1 heterocycles. The van der Waals surface area contributed by atoms with E-state index in [1.807, 2.05) is 13.0 Å². The van der Waals surface area contributed by atoms with Gasteiger partial charge in [-0.05, 0) is 49.7 Å². The highest BCUT2D eigenvalue weighted by atomic mass is 16.5. The number of pyridine rings is 1. The Hall–Kier alpha value is -1.25. The minimum atomic E-state index is 0.530. The Morgan fingerprint density at radius 1 is 1.40 bits per heavy atom. The molecule has 1 fully saturated rings. The molecule has 0 amide bonds. The first-order valence-corrected chi connectivity index (χ1v) is 7.96. The highest BCUT2D eigenvalue weighted by molar-refractivity contribution is 5.52. The molecule has 3 heteroatoms. The van der Waals surface area contributed by atoms with Gasteiger partial charge in [0.1, 0.15) is 0 Å². The van der Waals surface area contributed by atoms with Crippen LogP contribution in [0.5, 0.6) is 5.88 Å². The maximum absolute atomic E-state index is 5.63. The number of nitrogens with zero attached hydrogens (tertiary/aromatic N) is 1. The Labute approximate surface area is 123 Å². The lowest BCUT2D eigenvalue weighted by Crippen LogP contribution is -2.37. The molecule has 0 saturated heterocycles. The number of rotatable bonds is 5. The van der Waals surface area contributed by atoms with Gasteiger partial charge in [0.15, 0.2) is 0 Å². The first kappa shape index (κ1) is 15.1. The molecule has 112 valence electrons. The Bertz CT molecular complexity index is 419. The Morgan fingerprint density at radius 2 is 2.20 bits per heavy atom. The van der Waals surface area contributed by atoms with Gasteiger partial charge in [0.2, 0.25) is 5.88 Å². The number of hydrogen-bond acceptors (Lipinski definition) is 3. The highest BCUT2D eigenvalue weighted by Crippen LogP contribution is 2.36. The summed E-state index contributed by atoms with van der Waals surface area (Å²) >= 11 is 0. The SMILES string of the molecule is CCOc1ncccc1NC1CC(C)CCC1C(C)C. The van der Waals surface area contributed by atoms with Crippen molar-refractivity contribution in [3.8, 4) is 5.88 Å². The van der Waals surface area contributed by atoms with Crippen LogP contribution in [0, 0.1) is 17.8 Å². The lowest BCUT2D eigenvalue weighted by molar-refractivity contribution is 0.211. The maximum atomic E-state index is 5.63. The number of anilines is 1. The van der Waals surface area contributed by atoms with Crippen LogP contribution >= 0.6 is 0 Å². The van der Waals surface area contributed by atoms with E-state index in [4.69, 9.17) is 4.74 Å². The van der Waals surface area contributed by atoms with Crippen molar-refractivity contribution < 1.29 is 4.74 Å². The van der Waals surface area contributed by atoms with Gasteiger partial charge in [-0.3, -0.25) is 0 Å². The third-order valence-corrected chi connectivity index (χ3v) is 4.42. The first-order chi connectivity index (χ1) is 9.61. The molecule has 2 rings (SSSR count). The molecule has 0 aromatic carbocycles. The molecule has 1 aromatic heterocycles. The van der Waals surface area contributed by atoms with Gasteiger partial charge >= 0.3 is 0 Å². The van der Waals surface area contributed by atoms with Crippen LogP contribution in [0.15, 0.2) is 18.3 Å². The fourth-order valence-corrected chi connectivity index (χ4v) is 3.32. The van der Waals surface area contributed by atoms with Gasteiger partial charge in [-0.1, -0.05) is 27.2 Å². The molecule has 1 aliphatic rings. The molecule has 1 aliphatic carbocycles. The van der Waals surface area contributed by atoms with Crippen molar-refractivity contribution in [2.75, 3.05) is 11.9 Å². The standard InChI is InChI=1S/C17H28N2O/c1-5-20-17-15(7-6-10-18-17)19-16-11-13(4)8-9-14(16)12(2)3/h6-7,10,12-14,16,19H,5,8-9,11H2,1-4H3. The van der Waals surface area contributed by atoms with Gasteiger partial charge in [0, 0.05) is 12.2 Å². The topological polar surface area (TPSA) is 34.1 Å². The molecular weight excluding hydrogens is 248 g/mol. The van der Waals surface area contributed by atoms with Gasteiger partial charge in [0.05, 0.1) is 12.3 Å². The summed E-state index contributed by atoms with van der Waals surface area (Å²) in [6.45, 7) is 9.68. The second-order valence-electron chi connectivity index (χ2n) is 6.37. The number of aromatic nitrogens is 1. The average Bonchev–Trinajstić information content (AvgIpc) is 2.41. The number of ether oxygens (including phenoxy) is 1.